The highest BCUT2D eigenvalue weighted by molar-refractivity contribution is 6.13. The molecule has 31 heavy (non-hydrogen) atoms. The maximum absolute atomic E-state index is 11.7. The van der Waals surface area contributed by atoms with Crippen molar-refractivity contribution in [3.63, 3.8) is 0 Å². The first-order chi connectivity index (χ1) is 15.2. The van der Waals surface area contributed by atoms with Gasteiger partial charge in [-0.05, 0) is 31.7 Å². The Balaban J connectivity index is 1.47. The molecule has 0 spiro atoms. The number of carbonyl (C=O) groups excluding carboxylic acids is 1. The monoisotopic (exact) mass is 414 g/mol. The quantitative estimate of drug-likeness (QED) is 0.402. The van der Waals surface area contributed by atoms with E-state index in [1.807, 2.05) is 48.5 Å². The van der Waals surface area contributed by atoms with Crippen molar-refractivity contribution >= 4 is 17.4 Å². The largest absolute Gasteiger partial charge is 0.474 e. The summed E-state index contributed by atoms with van der Waals surface area (Å²) in [5.41, 5.74) is 3.77. The van der Waals surface area contributed by atoms with Crippen molar-refractivity contribution in [3.05, 3.63) is 90.1 Å². The summed E-state index contributed by atoms with van der Waals surface area (Å²) in [5, 5.41) is 0. The van der Waals surface area contributed by atoms with Crippen molar-refractivity contribution in [1.82, 2.24) is 4.98 Å². The lowest BCUT2D eigenvalue weighted by molar-refractivity contribution is -0.147. The molecule has 0 saturated heterocycles. The molecule has 158 valence electrons. The lowest BCUT2D eigenvalue weighted by Gasteiger charge is -2.27. The zero-order valence-corrected chi connectivity index (χ0v) is 17.6. The van der Waals surface area contributed by atoms with Crippen LogP contribution in [0.1, 0.15) is 36.8 Å². The van der Waals surface area contributed by atoms with Crippen molar-refractivity contribution in [2.45, 2.75) is 31.8 Å². The van der Waals surface area contributed by atoms with Crippen molar-refractivity contribution in [2.75, 3.05) is 7.11 Å². The third-order valence-corrected chi connectivity index (χ3v) is 5.55. The van der Waals surface area contributed by atoms with Crippen molar-refractivity contribution < 1.29 is 14.3 Å². The number of ether oxygens (including phenoxy) is 2. The molecule has 1 aliphatic carbocycles. The maximum Gasteiger partial charge on any atom is 0.308 e. The molecular formula is C26H26N2O3. The molecule has 5 heteroatoms. The van der Waals surface area contributed by atoms with Gasteiger partial charge in [-0.2, -0.15) is 0 Å². The van der Waals surface area contributed by atoms with Crippen LogP contribution in [0.4, 0.5) is 5.69 Å². The van der Waals surface area contributed by atoms with Gasteiger partial charge in [0, 0.05) is 17.2 Å². The number of benzene rings is 2. The molecule has 1 fully saturated rings. The van der Waals surface area contributed by atoms with E-state index in [-0.39, 0.29) is 18.0 Å². The third-order valence-electron chi connectivity index (χ3n) is 5.55. The minimum atomic E-state index is -0.119. The van der Waals surface area contributed by atoms with Gasteiger partial charge in [0.25, 0.3) is 0 Å². The fraction of sp³-hybridized carbons (Fsp3) is 0.269. The Kier molecular flexibility index (Phi) is 6.72. The van der Waals surface area contributed by atoms with Crippen LogP contribution in [-0.2, 0) is 9.53 Å². The van der Waals surface area contributed by atoms with Crippen LogP contribution in [-0.4, -0.2) is 29.9 Å². The molecule has 1 heterocycles. The van der Waals surface area contributed by atoms with Gasteiger partial charge in [0.15, 0.2) is 0 Å². The normalized spacial score (nSPS) is 18.1. The number of pyridine rings is 1. The van der Waals surface area contributed by atoms with Gasteiger partial charge in [-0.25, -0.2) is 9.98 Å². The first kappa shape index (κ1) is 20.8. The van der Waals surface area contributed by atoms with E-state index >= 15 is 0 Å². The average molecular weight is 415 g/mol. The summed E-state index contributed by atoms with van der Waals surface area (Å²) in [6, 6.07) is 24.1. The van der Waals surface area contributed by atoms with Crippen LogP contribution in [0.25, 0.3) is 0 Å². The highest BCUT2D eigenvalue weighted by Gasteiger charge is 2.28. The molecule has 1 saturated carbocycles. The Morgan fingerprint density at radius 2 is 1.48 bits per heavy atom. The molecule has 0 radical (unpaired) electrons. The van der Waals surface area contributed by atoms with Crippen LogP contribution in [0.5, 0.6) is 5.88 Å². The number of rotatable bonds is 6. The lowest BCUT2D eigenvalue weighted by atomic mass is 9.87. The second kappa shape index (κ2) is 10.0. The van der Waals surface area contributed by atoms with Gasteiger partial charge in [0.1, 0.15) is 6.10 Å². The van der Waals surface area contributed by atoms with Gasteiger partial charge in [0.05, 0.1) is 30.6 Å². The van der Waals surface area contributed by atoms with E-state index in [1.54, 1.807) is 6.20 Å². The van der Waals surface area contributed by atoms with Gasteiger partial charge < -0.3 is 9.47 Å². The third kappa shape index (κ3) is 5.37. The first-order valence-corrected chi connectivity index (χ1v) is 10.6. The van der Waals surface area contributed by atoms with E-state index in [1.165, 1.54) is 7.11 Å². The van der Waals surface area contributed by atoms with Crippen LogP contribution in [0.3, 0.4) is 0 Å². The number of methoxy groups -OCH3 is 1. The van der Waals surface area contributed by atoms with E-state index in [4.69, 9.17) is 14.5 Å². The summed E-state index contributed by atoms with van der Waals surface area (Å²) in [6.07, 6.45) is 5.04. The van der Waals surface area contributed by atoms with Crippen LogP contribution >= 0.6 is 0 Å². The second-order valence-electron chi connectivity index (χ2n) is 7.66. The molecule has 5 nitrogen and oxygen atoms in total. The van der Waals surface area contributed by atoms with Crippen LogP contribution in [0.2, 0.25) is 0 Å². The Morgan fingerprint density at radius 1 is 0.871 bits per heavy atom. The van der Waals surface area contributed by atoms with Gasteiger partial charge in [-0.15, -0.1) is 0 Å². The smallest absolute Gasteiger partial charge is 0.308 e. The minimum absolute atomic E-state index is 0.0103. The maximum atomic E-state index is 11.7. The molecular weight excluding hydrogens is 388 g/mol. The summed E-state index contributed by atoms with van der Waals surface area (Å²) in [4.78, 5) is 21.0. The molecule has 1 aliphatic rings. The highest BCUT2D eigenvalue weighted by Crippen LogP contribution is 2.28. The summed E-state index contributed by atoms with van der Waals surface area (Å²) < 4.78 is 10.9. The van der Waals surface area contributed by atoms with E-state index < -0.39 is 0 Å². The highest BCUT2D eigenvalue weighted by atomic mass is 16.5. The minimum Gasteiger partial charge on any atom is -0.474 e. The molecule has 0 unspecified atom stereocenters. The van der Waals surface area contributed by atoms with Gasteiger partial charge in [-0.3, -0.25) is 4.79 Å². The molecule has 0 N–H and O–H groups in total. The Hall–Kier alpha value is -3.47. The lowest BCUT2D eigenvalue weighted by Crippen LogP contribution is -2.28. The van der Waals surface area contributed by atoms with Crippen molar-refractivity contribution in [2.24, 2.45) is 10.9 Å². The van der Waals surface area contributed by atoms with Gasteiger partial charge in [-0.1, -0.05) is 60.7 Å². The summed E-state index contributed by atoms with van der Waals surface area (Å²) in [7, 11) is 1.44. The molecule has 0 bridgehead atoms. The predicted molar refractivity (Wildman–Crippen MR) is 121 cm³/mol. The van der Waals surface area contributed by atoms with E-state index in [2.05, 4.69) is 29.2 Å². The SMILES string of the molecule is COC(=O)C1CCC(Oc2ccc(N=C(c3ccccc3)c3ccccc3)cn2)CC1. The zero-order valence-electron chi connectivity index (χ0n) is 17.6. The summed E-state index contributed by atoms with van der Waals surface area (Å²) >= 11 is 0. The number of aliphatic imine (C=N–C) groups is 1. The molecule has 3 aromatic rings. The number of aromatic nitrogens is 1. The average Bonchev–Trinajstić information content (AvgIpc) is 2.84. The van der Waals surface area contributed by atoms with Crippen LogP contribution in [0.15, 0.2) is 84.0 Å². The Labute approximate surface area is 182 Å². The van der Waals surface area contributed by atoms with E-state index in [9.17, 15) is 4.79 Å². The fourth-order valence-corrected chi connectivity index (χ4v) is 3.88. The van der Waals surface area contributed by atoms with Crippen molar-refractivity contribution in [1.29, 1.82) is 0 Å². The number of carbonyl (C=O) groups is 1. The molecule has 2 aromatic carbocycles. The standard InChI is InChI=1S/C26H26N2O3/c1-30-26(29)21-12-15-23(16-13-21)31-24-17-14-22(18-27-24)28-25(19-8-4-2-5-9-19)20-10-6-3-7-11-20/h2-11,14,17-18,21,23H,12-13,15-16H2,1H3. The topological polar surface area (TPSA) is 60.8 Å². The fourth-order valence-electron chi connectivity index (χ4n) is 3.88. The van der Waals surface area contributed by atoms with E-state index in [0.29, 0.717) is 5.88 Å². The second-order valence-corrected chi connectivity index (χ2v) is 7.66. The molecule has 0 amide bonds. The molecule has 0 atom stereocenters. The summed E-state index contributed by atoms with van der Waals surface area (Å²) in [6.45, 7) is 0. The summed E-state index contributed by atoms with van der Waals surface area (Å²) in [5.74, 6) is 0.455. The zero-order chi connectivity index (χ0) is 21.5. The Morgan fingerprint density at radius 3 is 2.00 bits per heavy atom. The molecule has 4 rings (SSSR count). The molecule has 1 aromatic heterocycles. The number of nitrogens with zero attached hydrogens (tertiary/aromatic N) is 2. The van der Waals surface area contributed by atoms with Gasteiger partial charge >= 0.3 is 5.97 Å². The van der Waals surface area contributed by atoms with E-state index in [0.717, 1.165) is 48.2 Å². The van der Waals surface area contributed by atoms with Crippen molar-refractivity contribution in [3.8, 4) is 5.88 Å². The predicted octanol–water partition coefficient (Wildman–Crippen LogP) is 5.36. The van der Waals surface area contributed by atoms with Crippen LogP contribution in [0, 0.1) is 5.92 Å². The van der Waals surface area contributed by atoms with Gasteiger partial charge in [0.2, 0.25) is 5.88 Å². The Bertz CT molecular complexity index is 968. The number of esters is 1. The first-order valence-electron chi connectivity index (χ1n) is 10.6. The number of hydrogen-bond acceptors (Lipinski definition) is 5. The van der Waals surface area contributed by atoms with Crippen LogP contribution < -0.4 is 4.74 Å². The number of hydrogen-bond donors (Lipinski definition) is 0. The molecule has 0 aliphatic heterocycles.